The molecule has 1 N–H and O–H groups in total. The first-order valence-corrected chi connectivity index (χ1v) is 9.16. The summed E-state index contributed by atoms with van der Waals surface area (Å²) in [5, 5.41) is 6.02. The highest BCUT2D eigenvalue weighted by molar-refractivity contribution is 6.02. The van der Waals surface area contributed by atoms with Crippen LogP contribution in [-0.2, 0) is 0 Å². The van der Waals surface area contributed by atoms with Gasteiger partial charge in [0.05, 0.1) is 25.5 Å². The van der Waals surface area contributed by atoms with Crippen LogP contribution < -0.4 is 24.4 Å². The van der Waals surface area contributed by atoms with Gasteiger partial charge in [0.1, 0.15) is 11.5 Å². The molecule has 0 unspecified atom stereocenters. The molecule has 0 saturated heterocycles. The summed E-state index contributed by atoms with van der Waals surface area (Å²) in [6.45, 7) is 2.54. The van der Waals surface area contributed by atoms with E-state index in [0.29, 0.717) is 40.7 Å². The number of hydrogen-bond donors (Lipinski definition) is 1. The molecule has 3 aromatic rings. The number of ether oxygens (including phenoxy) is 4. The lowest BCUT2D eigenvalue weighted by molar-refractivity contribution is 0.0952. The molecule has 1 aliphatic heterocycles. The SMILES string of the molecule is CCOc1cc2c(cc1C=NNC(=O)c1cc3ccccc3cc1OC)OCO2. The van der Waals surface area contributed by atoms with E-state index in [2.05, 4.69) is 10.5 Å². The normalized spacial score (nSPS) is 12.3. The van der Waals surface area contributed by atoms with Crippen LogP contribution in [0.3, 0.4) is 0 Å². The van der Waals surface area contributed by atoms with Crippen molar-refractivity contribution in [2.24, 2.45) is 5.10 Å². The quantitative estimate of drug-likeness (QED) is 0.511. The number of benzene rings is 3. The fourth-order valence-electron chi connectivity index (χ4n) is 3.11. The Morgan fingerprint density at radius 3 is 2.55 bits per heavy atom. The van der Waals surface area contributed by atoms with Gasteiger partial charge in [0.2, 0.25) is 6.79 Å². The van der Waals surface area contributed by atoms with Gasteiger partial charge in [-0.15, -0.1) is 0 Å². The third kappa shape index (κ3) is 3.80. The molecule has 29 heavy (non-hydrogen) atoms. The largest absolute Gasteiger partial charge is 0.496 e. The third-order valence-corrected chi connectivity index (χ3v) is 4.49. The molecule has 0 bridgehead atoms. The van der Waals surface area contributed by atoms with E-state index in [4.69, 9.17) is 18.9 Å². The Morgan fingerprint density at radius 2 is 1.83 bits per heavy atom. The molecule has 0 atom stereocenters. The van der Waals surface area contributed by atoms with Gasteiger partial charge in [-0.25, -0.2) is 5.43 Å². The Bertz CT molecular complexity index is 1090. The van der Waals surface area contributed by atoms with E-state index in [0.717, 1.165) is 10.8 Å². The monoisotopic (exact) mass is 392 g/mol. The summed E-state index contributed by atoms with van der Waals surface area (Å²) in [5.41, 5.74) is 3.62. The Labute approximate surface area is 167 Å². The Morgan fingerprint density at radius 1 is 1.10 bits per heavy atom. The number of hydrazone groups is 1. The number of carbonyl (C=O) groups is 1. The lowest BCUT2D eigenvalue weighted by atomic mass is 10.1. The van der Waals surface area contributed by atoms with Gasteiger partial charge in [-0.05, 0) is 35.9 Å². The zero-order valence-electron chi connectivity index (χ0n) is 16.1. The van der Waals surface area contributed by atoms with Crippen molar-refractivity contribution in [1.29, 1.82) is 0 Å². The van der Waals surface area contributed by atoms with E-state index in [-0.39, 0.29) is 12.7 Å². The van der Waals surface area contributed by atoms with E-state index >= 15 is 0 Å². The molecule has 7 nitrogen and oxygen atoms in total. The predicted molar refractivity (Wildman–Crippen MR) is 109 cm³/mol. The first-order chi connectivity index (χ1) is 14.2. The summed E-state index contributed by atoms with van der Waals surface area (Å²) in [4.78, 5) is 12.7. The summed E-state index contributed by atoms with van der Waals surface area (Å²) in [7, 11) is 1.53. The van der Waals surface area contributed by atoms with E-state index in [1.54, 1.807) is 18.2 Å². The molecule has 1 amide bonds. The van der Waals surface area contributed by atoms with Gasteiger partial charge >= 0.3 is 0 Å². The van der Waals surface area contributed by atoms with Gasteiger partial charge < -0.3 is 18.9 Å². The molecule has 0 fully saturated rings. The lowest BCUT2D eigenvalue weighted by Crippen LogP contribution is -2.18. The van der Waals surface area contributed by atoms with Crippen molar-refractivity contribution in [2.75, 3.05) is 20.5 Å². The average molecular weight is 392 g/mol. The molecule has 0 radical (unpaired) electrons. The number of nitrogens with zero attached hydrogens (tertiary/aromatic N) is 1. The van der Waals surface area contributed by atoms with Crippen LogP contribution in [-0.4, -0.2) is 32.6 Å². The number of carbonyl (C=O) groups excluding carboxylic acids is 1. The molecule has 3 aromatic carbocycles. The highest BCUT2D eigenvalue weighted by atomic mass is 16.7. The number of fused-ring (bicyclic) bond motifs is 2. The third-order valence-electron chi connectivity index (χ3n) is 4.49. The number of methoxy groups -OCH3 is 1. The van der Waals surface area contributed by atoms with Crippen molar-refractivity contribution in [3.63, 3.8) is 0 Å². The van der Waals surface area contributed by atoms with Crippen molar-refractivity contribution in [2.45, 2.75) is 6.92 Å². The van der Waals surface area contributed by atoms with Crippen LogP contribution in [0, 0.1) is 0 Å². The molecule has 0 spiro atoms. The van der Waals surface area contributed by atoms with Gasteiger partial charge in [0, 0.05) is 11.6 Å². The van der Waals surface area contributed by atoms with Crippen LogP contribution in [0.5, 0.6) is 23.0 Å². The molecule has 7 heteroatoms. The number of amides is 1. The Balaban J connectivity index is 1.57. The van der Waals surface area contributed by atoms with Gasteiger partial charge in [-0.3, -0.25) is 4.79 Å². The van der Waals surface area contributed by atoms with Crippen LogP contribution in [0.1, 0.15) is 22.8 Å². The van der Waals surface area contributed by atoms with Gasteiger partial charge in [0.15, 0.2) is 11.5 Å². The molecule has 4 rings (SSSR count). The maximum absolute atomic E-state index is 12.7. The van der Waals surface area contributed by atoms with Crippen LogP contribution in [0.25, 0.3) is 10.8 Å². The van der Waals surface area contributed by atoms with Crippen molar-refractivity contribution < 1.29 is 23.7 Å². The second-order valence-electron chi connectivity index (χ2n) is 6.28. The maximum atomic E-state index is 12.7. The topological polar surface area (TPSA) is 78.4 Å². The van der Waals surface area contributed by atoms with E-state index < -0.39 is 0 Å². The fourth-order valence-corrected chi connectivity index (χ4v) is 3.11. The van der Waals surface area contributed by atoms with Gasteiger partial charge in [0.25, 0.3) is 5.91 Å². The first-order valence-electron chi connectivity index (χ1n) is 9.16. The minimum atomic E-state index is -0.373. The van der Waals surface area contributed by atoms with Crippen LogP contribution in [0.4, 0.5) is 0 Å². The van der Waals surface area contributed by atoms with Crippen molar-refractivity contribution in [3.8, 4) is 23.0 Å². The second-order valence-corrected chi connectivity index (χ2v) is 6.28. The Hall–Kier alpha value is -3.74. The first kappa shape index (κ1) is 18.6. The average Bonchev–Trinajstić information content (AvgIpc) is 3.20. The molecule has 0 aliphatic carbocycles. The molecular weight excluding hydrogens is 372 g/mol. The minimum absolute atomic E-state index is 0.167. The summed E-state index contributed by atoms with van der Waals surface area (Å²) in [6, 6.07) is 14.9. The van der Waals surface area contributed by atoms with Crippen LogP contribution in [0.15, 0.2) is 53.6 Å². The standard InChI is InChI=1S/C22H20N2O5/c1-3-27-18-11-21-20(28-13-29-21)10-16(18)12-23-24-22(25)17-8-14-6-4-5-7-15(14)9-19(17)26-2/h4-12H,3,13H2,1-2H3,(H,24,25). The highest BCUT2D eigenvalue weighted by Gasteiger charge is 2.18. The van der Waals surface area contributed by atoms with Crippen molar-refractivity contribution >= 4 is 22.9 Å². The summed E-state index contributed by atoms with van der Waals surface area (Å²) < 4.78 is 21.8. The molecule has 1 aliphatic rings. The molecule has 148 valence electrons. The van der Waals surface area contributed by atoms with E-state index in [9.17, 15) is 4.79 Å². The predicted octanol–water partition coefficient (Wildman–Crippen LogP) is 3.74. The lowest BCUT2D eigenvalue weighted by Gasteiger charge is -2.10. The molecular formula is C22H20N2O5. The molecule has 1 heterocycles. The molecule has 0 saturated carbocycles. The van der Waals surface area contributed by atoms with Crippen LogP contribution >= 0.6 is 0 Å². The van der Waals surface area contributed by atoms with Crippen molar-refractivity contribution in [1.82, 2.24) is 5.43 Å². The smallest absolute Gasteiger partial charge is 0.275 e. The number of nitrogens with one attached hydrogen (secondary N) is 1. The summed E-state index contributed by atoms with van der Waals surface area (Å²) >= 11 is 0. The van der Waals surface area contributed by atoms with Gasteiger partial charge in [-0.2, -0.15) is 5.10 Å². The van der Waals surface area contributed by atoms with E-state index in [1.165, 1.54) is 13.3 Å². The van der Waals surface area contributed by atoms with E-state index in [1.807, 2.05) is 37.3 Å². The highest BCUT2D eigenvalue weighted by Crippen LogP contribution is 2.37. The minimum Gasteiger partial charge on any atom is -0.496 e. The second kappa shape index (κ2) is 8.10. The molecule has 0 aromatic heterocycles. The number of rotatable bonds is 6. The zero-order valence-corrected chi connectivity index (χ0v) is 16.1. The summed E-state index contributed by atoms with van der Waals surface area (Å²) in [5.74, 6) is 1.93. The zero-order chi connectivity index (χ0) is 20.2. The summed E-state index contributed by atoms with van der Waals surface area (Å²) in [6.07, 6.45) is 1.51. The fraction of sp³-hybridized carbons (Fsp3) is 0.182. The van der Waals surface area contributed by atoms with Crippen molar-refractivity contribution in [3.05, 3.63) is 59.7 Å². The Kier molecular flexibility index (Phi) is 5.20. The maximum Gasteiger partial charge on any atom is 0.275 e. The van der Waals surface area contributed by atoms with Crippen LogP contribution in [0.2, 0.25) is 0 Å². The van der Waals surface area contributed by atoms with Gasteiger partial charge in [-0.1, -0.05) is 24.3 Å². The number of hydrogen-bond acceptors (Lipinski definition) is 6.